The molecule has 0 aliphatic carbocycles. The fraction of sp³-hybridized carbons (Fsp3) is 0.545. The number of nitrogens with two attached hydrogens (primary N) is 1. The van der Waals surface area contributed by atoms with Crippen LogP contribution in [0.5, 0.6) is 0 Å². The van der Waals surface area contributed by atoms with E-state index in [4.69, 9.17) is 5.73 Å². The molecule has 1 aliphatic rings. The lowest BCUT2D eigenvalue weighted by Gasteiger charge is -2.36. The first-order valence-electron chi connectivity index (χ1n) is 6.27. The van der Waals surface area contributed by atoms with E-state index >= 15 is 0 Å². The highest BCUT2D eigenvalue weighted by Crippen LogP contribution is 2.34. The molecule has 1 fully saturated rings. The zero-order valence-electron chi connectivity index (χ0n) is 10.5. The van der Waals surface area contributed by atoms with Gasteiger partial charge < -0.3 is 10.6 Å². The maximum Gasteiger partial charge on any atom is 0.408 e. The molecule has 0 saturated carbocycles. The molecule has 2 N–H and O–H groups in total. The van der Waals surface area contributed by atoms with Crippen LogP contribution in [0.1, 0.15) is 19.3 Å². The Labute approximate surface area is 112 Å². The lowest BCUT2D eigenvalue weighted by atomic mass is 10.0. The van der Waals surface area contributed by atoms with Crippen molar-refractivity contribution < 1.29 is 13.2 Å². The van der Waals surface area contributed by atoms with Crippen molar-refractivity contribution in [3.05, 3.63) is 12.4 Å². The number of halogens is 3. The number of alkyl halides is 3. The summed E-state index contributed by atoms with van der Waals surface area (Å²) in [5.41, 5.74) is 5.92. The molecule has 0 aromatic carbocycles. The number of fused-ring (bicyclic) bond motifs is 1. The van der Waals surface area contributed by atoms with Gasteiger partial charge in [-0.1, -0.05) is 0 Å². The fourth-order valence-electron chi connectivity index (χ4n) is 2.54. The van der Waals surface area contributed by atoms with E-state index in [-0.39, 0.29) is 23.8 Å². The Morgan fingerprint density at radius 2 is 2.05 bits per heavy atom. The van der Waals surface area contributed by atoms with E-state index in [9.17, 15) is 13.2 Å². The molecule has 9 heteroatoms. The van der Waals surface area contributed by atoms with Crippen LogP contribution in [0.25, 0.3) is 5.65 Å². The fourth-order valence-corrected chi connectivity index (χ4v) is 2.54. The average molecular weight is 286 g/mol. The van der Waals surface area contributed by atoms with Gasteiger partial charge in [-0.2, -0.15) is 13.2 Å². The van der Waals surface area contributed by atoms with Crippen LogP contribution in [0.3, 0.4) is 0 Å². The summed E-state index contributed by atoms with van der Waals surface area (Å²) in [6.07, 6.45) is -0.0300. The predicted molar refractivity (Wildman–Crippen MR) is 66.2 cm³/mol. The number of rotatable bonds is 1. The van der Waals surface area contributed by atoms with Crippen LogP contribution in [0.15, 0.2) is 12.4 Å². The van der Waals surface area contributed by atoms with E-state index in [1.807, 2.05) is 0 Å². The van der Waals surface area contributed by atoms with Crippen LogP contribution in [-0.4, -0.2) is 38.3 Å². The van der Waals surface area contributed by atoms with Gasteiger partial charge in [0, 0.05) is 18.9 Å². The molecule has 1 saturated heterocycles. The first-order chi connectivity index (χ1) is 9.48. The molecule has 3 rings (SSSR count). The smallest absolute Gasteiger partial charge is 0.381 e. The van der Waals surface area contributed by atoms with Gasteiger partial charge in [-0.3, -0.25) is 4.40 Å². The van der Waals surface area contributed by atoms with Crippen LogP contribution < -0.4 is 10.6 Å². The van der Waals surface area contributed by atoms with E-state index in [2.05, 4.69) is 15.2 Å². The topological polar surface area (TPSA) is 72.3 Å². The molecule has 0 bridgehead atoms. The van der Waals surface area contributed by atoms with Gasteiger partial charge in [0.2, 0.25) is 11.6 Å². The first kappa shape index (κ1) is 12.9. The summed E-state index contributed by atoms with van der Waals surface area (Å²) < 4.78 is 40.8. The van der Waals surface area contributed by atoms with Gasteiger partial charge in [0.15, 0.2) is 5.82 Å². The van der Waals surface area contributed by atoms with Crippen molar-refractivity contribution in [1.82, 2.24) is 19.6 Å². The largest absolute Gasteiger partial charge is 0.408 e. The zero-order valence-corrected chi connectivity index (χ0v) is 10.5. The Kier molecular flexibility index (Phi) is 2.91. The highest BCUT2D eigenvalue weighted by molar-refractivity contribution is 5.61. The lowest BCUT2D eigenvalue weighted by molar-refractivity contribution is -0.152. The second kappa shape index (κ2) is 4.50. The minimum atomic E-state index is -4.29. The maximum absolute atomic E-state index is 13.1. The molecule has 20 heavy (non-hydrogen) atoms. The number of nitrogens with zero attached hydrogens (tertiary/aromatic N) is 5. The van der Waals surface area contributed by atoms with Crippen molar-refractivity contribution in [2.75, 3.05) is 17.2 Å². The summed E-state index contributed by atoms with van der Waals surface area (Å²) >= 11 is 0. The zero-order chi connectivity index (χ0) is 14.3. The second-order valence-corrected chi connectivity index (χ2v) is 4.75. The molecule has 0 amide bonds. The monoisotopic (exact) mass is 286 g/mol. The normalized spacial score (nSPS) is 20.6. The van der Waals surface area contributed by atoms with E-state index in [0.29, 0.717) is 19.4 Å². The summed E-state index contributed by atoms with van der Waals surface area (Å²) in [7, 11) is 0. The minimum Gasteiger partial charge on any atom is -0.381 e. The SMILES string of the molecule is Nc1nccn2c(N3CCCCC3C(F)(F)F)nnc12. The summed E-state index contributed by atoms with van der Waals surface area (Å²) in [6, 6.07) is -1.53. The number of nitrogen functional groups attached to an aromatic ring is 1. The Balaban J connectivity index is 2.06. The van der Waals surface area contributed by atoms with Crippen molar-refractivity contribution in [2.24, 2.45) is 0 Å². The molecule has 3 heterocycles. The summed E-state index contributed by atoms with van der Waals surface area (Å²) in [6.45, 7) is 0.299. The first-order valence-corrected chi connectivity index (χ1v) is 6.27. The number of hydrogen-bond donors (Lipinski definition) is 1. The predicted octanol–water partition coefficient (Wildman–Crippen LogP) is 1.63. The van der Waals surface area contributed by atoms with Crippen molar-refractivity contribution in [3.8, 4) is 0 Å². The van der Waals surface area contributed by atoms with Crippen LogP contribution in [0, 0.1) is 0 Å². The van der Waals surface area contributed by atoms with Crippen molar-refractivity contribution >= 4 is 17.4 Å². The molecule has 0 spiro atoms. The summed E-state index contributed by atoms with van der Waals surface area (Å²) in [4.78, 5) is 5.10. The molecule has 1 aliphatic heterocycles. The third-order valence-corrected chi connectivity index (χ3v) is 3.47. The van der Waals surface area contributed by atoms with E-state index < -0.39 is 12.2 Å². The molecule has 6 nitrogen and oxygen atoms in total. The Morgan fingerprint density at radius 3 is 2.80 bits per heavy atom. The van der Waals surface area contributed by atoms with Gasteiger partial charge in [0.1, 0.15) is 6.04 Å². The van der Waals surface area contributed by atoms with Gasteiger partial charge in [-0.15, -0.1) is 10.2 Å². The van der Waals surface area contributed by atoms with Gasteiger partial charge in [-0.25, -0.2) is 4.98 Å². The molecule has 1 unspecified atom stereocenters. The molecule has 0 radical (unpaired) electrons. The van der Waals surface area contributed by atoms with Gasteiger partial charge in [0.05, 0.1) is 0 Å². The van der Waals surface area contributed by atoms with Gasteiger partial charge >= 0.3 is 6.18 Å². The standard InChI is InChI=1S/C11H13F3N6/c12-11(13,14)7-3-1-2-5-19(7)10-18-17-9-8(15)16-4-6-20(9)10/h4,6-7H,1-3,5H2,(H2,15,16). The average Bonchev–Trinajstić information content (AvgIpc) is 2.83. The minimum absolute atomic E-state index is 0.0684. The molecule has 1 atom stereocenters. The Morgan fingerprint density at radius 1 is 1.25 bits per heavy atom. The highest BCUT2D eigenvalue weighted by Gasteiger charge is 2.45. The third kappa shape index (κ3) is 2.02. The maximum atomic E-state index is 13.1. The summed E-state index contributed by atoms with van der Waals surface area (Å²) in [5, 5.41) is 7.69. The number of anilines is 2. The highest BCUT2D eigenvalue weighted by atomic mass is 19.4. The Bertz CT molecular complexity index is 622. The molecular formula is C11H13F3N6. The molecular weight excluding hydrogens is 273 g/mol. The van der Waals surface area contributed by atoms with Gasteiger partial charge in [-0.05, 0) is 19.3 Å². The van der Waals surface area contributed by atoms with Crippen LogP contribution in [0.4, 0.5) is 24.9 Å². The van der Waals surface area contributed by atoms with Crippen LogP contribution >= 0.6 is 0 Å². The number of piperidine rings is 1. The summed E-state index contributed by atoms with van der Waals surface area (Å²) in [5.74, 6) is 0.308. The lowest BCUT2D eigenvalue weighted by Crippen LogP contribution is -2.49. The van der Waals surface area contributed by atoms with Crippen molar-refractivity contribution in [1.29, 1.82) is 0 Å². The van der Waals surface area contributed by atoms with E-state index in [0.717, 1.165) is 0 Å². The quantitative estimate of drug-likeness (QED) is 0.862. The second-order valence-electron chi connectivity index (χ2n) is 4.75. The van der Waals surface area contributed by atoms with Crippen LogP contribution in [-0.2, 0) is 0 Å². The number of hydrogen-bond acceptors (Lipinski definition) is 5. The van der Waals surface area contributed by atoms with Crippen molar-refractivity contribution in [3.63, 3.8) is 0 Å². The van der Waals surface area contributed by atoms with E-state index in [1.54, 1.807) is 0 Å². The number of aromatic nitrogens is 4. The third-order valence-electron chi connectivity index (χ3n) is 3.47. The van der Waals surface area contributed by atoms with Gasteiger partial charge in [0.25, 0.3) is 0 Å². The molecule has 2 aromatic rings. The van der Waals surface area contributed by atoms with E-state index in [1.165, 1.54) is 21.7 Å². The molecule has 108 valence electrons. The van der Waals surface area contributed by atoms with Crippen molar-refractivity contribution in [2.45, 2.75) is 31.5 Å². The molecule has 2 aromatic heterocycles. The van der Waals surface area contributed by atoms with Crippen LogP contribution in [0.2, 0.25) is 0 Å². The Hall–Kier alpha value is -2.06.